The fraction of sp³-hybridized carbons (Fsp3) is 0.273. The highest BCUT2D eigenvalue weighted by Gasteiger charge is 2.21. The summed E-state index contributed by atoms with van der Waals surface area (Å²) in [6, 6.07) is 17.7. The maximum Gasteiger partial charge on any atom is 0.194 e. The first-order valence-corrected chi connectivity index (χ1v) is 10.6. The third-order valence-electron chi connectivity index (χ3n) is 5.03. The van der Waals surface area contributed by atoms with Gasteiger partial charge in [0.2, 0.25) is 0 Å². The standard InChI is InChI=1S/C22H25N5OS.HI/c1-23-22(24-15-21-25-18(16-29-21)17-7-3-2-4-8-17)27-13-11-26(12-14-27)19-9-5-6-10-20(19)28;/h2-10,16,28H,11-15H2,1H3,(H,23,24);1H. The Kier molecular flexibility index (Phi) is 7.92. The van der Waals surface area contributed by atoms with E-state index in [0.717, 1.165) is 54.1 Å². The summed E-state index contributed by atoms with van der Waals surface area (Å²) in [5.74, 6) is 1.22. The Morgan fingerprint density at radius 3 is 2.47 bits per heavy atom. The van der Waals surface area contributed by atoms with Crippen LogP contribution in [0.25, 0.3) is 11.3 Å². The van der Waals surface area contributed by atoms with Gasteiger partial charge in [0.05, 0.1) is 17.9 Å². The normalized spacial score (nSPS) is 14.4. The number of hydrogen-bond acceptors (Lipinski definition) is 5. The number of piperazine rings is 1. The van der Waals surface area contributed by atoms with Crippen LogP contribution in [0.3, 0.4) is 0 Å². The number of aromatic hydroxyl groups is 1. The Labute approximate surface area is 198 Å². The van der Waals surface area contributed by atoms with Crippen LogP contribution in [-0.4, -0.2) is 54.2 Å². The number of nitrogens with zero attached hydrogens (tertiary/aromatic N) is 4. The molecule has 0 atom stereocenters. The predicted molar refractivity (Wildman–Crippen MR) is 135 cm³/mol. The number of guanidine groups is 1. The summed E-state index contributed by atoms with van der Waals surface area (Å²) in [5, 5.41) is 16.7. The van der Waals surface area contributed by atoms with Crippen LogP contribution in [0.2, 0.25) is 0 Å². The van der Waals surface area contributed by atoms with Crippen molar-refractivity contribution in [1.82, 2.24) is 15.2 Å². The van der Waals surface area contributed by atoms with Gasteiger partial charge >= 0.3 is 0 Å². The molecule has 2 heterocycles. The highest BCUT2D eigenvalue weighted by Crippen LogP contribution is 2.27. The van der Waals surface area contributed by atoms with E-state index in [4.69, 9.17) is 4.98 Å². The van der Waals surface area contributed by atoms with Gasteiger partial charge in [0.1, 0.15) is 10.8 Å². The number of nitrogens with one attached hydrogen (secondary N) is 1. The van der Waals surface area contributed by atoms with Gasteiger partial charge in [-0.25, -0.2) is 4.98 Å². The molecular weight excluding hydrogens is 509 g/mol. The van der Waals surface area contributed by atoms with Crippen LogP contribution in [0.15, 0.2) is 65.0 Å². The molecule has 2 aromatic carbocycles. The van der Waals surface area contributed by atoms with Crippen LogP contribution in [-0.2, 0) is 6.54 Å². The first-order chi connectivity index (χ1) is 14.2. The summed E-state index contributed by atoms with van der Waals surface area (Å²) in [6.07, 6.45) is 0. The minimum absolute atomic E-state index is 0. The van der Waals surface area contributed by atoms with Crippen molar-refractivity contribution in [2.75, 3.05) is 38.1 Å². The highest BCUT2D eigenvalue weighted by atomic mass is 127. The van der Waals surface area contributed by atoms with E-state index in [1.165, 1.54) is 0 Å². The van der Waals surface area contributed by atoms with Crippen molar-refractivity contribution < 1.29 is 5.11 Å². The zero-order valence-corrected chi connectivity index (χ0v) is 20.0. The van der Waals surface area contributed by atoms with Crippen LogP contribution in [0.4, 0.5) is 5.69 Å². The molecule has 0 saturated carbocycles. The third-order valence-corrected chi connectivity index (χ3v) is 5.88. The molecule has 30 heavy (non-hydrogen) atoms. The number of phenols is 1. The van der Waals surface area contributed by atoms with Crippen LogP contribution in [0.1, 0.15) is 5.01 Å². The predicted octanol–water partition coefficient (Wildman–Crippen LogP) is 4.03. The summed E-state index contributed by atoms with van der Waals surface area (Å²) < 4.78 is 0. The van der Waals surface area contributed by atoms with E-state index in [9.17, 15) is 5.11 Å². The molecule has 1 aliphatic heterocycles. The summed E-state index contributed by atoms with van der Waals surface area (Å²) in [6.45, 7) is 4.04. The van der Waals surface area contributed by atoms with Gasteiger partial charge in [-0.3, -0.25) is 4.99 Å². The molecule has 1 aromatic heterocycles. The number of para-hydroxylation sites is 2. The molecule has 1 fully saturated rings. The second kappa shape index (κ2) is 10.6. The maximum absolute atomic E-state index is 10.1. The minimum Gasteiger partial charge on any atom is -0.506 e. The molecule has 0 aliphatic carbocycles. The SMILES string of the molecule is CN=C(NCc1nc(-c2ccccc2)cs1)N1CCN(c2ccccc2O)CC1.I. The van der Waals surface area contributed by atoms with Crippen molar-refractivity contribution in [3.05, 3.63) is 65.0 Å². The highest BCUT2D eigenvalue weighted by molar-refractivity contribution is 14.0. The van der Waals surface area contributed by atoms with Gasteiger partial charge in [-0.2, -0.15) is 0 Å². The Morgan fingerprint density at radius 1 is 1.07 bits per heavy atom. The first-order valence-electron chi connectivity index (χ1n) is 9.73. The smallest absolute Gasteiger partial charge is 0.194 e. The molecule has 6 nitrogen and oxygen atoms in total. The Balaban J connectivity index is 0.00000256. The molecule has 3 aromatic rings. The van der Waals surface area contributed by atoms with E-state index < -0.39 is 0 Å². The molecule has 158 valence electrons. The summed E-state index contributed by atoms with van der Waals surface area (Å²) in [7, 11) is 1.81. The lowest BCUT2D eigenvalue weighted by Gasteiger charge is -2.37. The van der Waals surface area contributed by atoms with Gasteiger partial charge in [-0.15, -0.1) is 35.3 Å². The Morgan fingerprint density at radius 2 is 1.77 bits per heavy atom. The number of benzene rings is 2. The average Bonchev–Trinajstić information content (AvgIpc) is 3.25. The van der Waals surface area contributed by atoms with Crippen LogP contribution >= 0.6 is 35.3 Å². The summed E-state index contributed by atoms with van der Waals surface area (Å²) in [5.41, 5.74) is 3.05. The topological polar surface area (TPSA) is 64.0 Å². The number of hydrogen-bond donors (Lipinski definition) is 2. The number of thiazole rings is 1. The van der Waals surface area contributed by atoms with E-state index in [2.05, 4.69) is 37.6 Å². The van der Waals surface area contributed by atoms with Gasteiger partial charge in [0, 0.05) is 44.2 Å². The summed E-state index contributed by atoms with van der Waals surface area (Å²) >= 11 is 1.66. The Bertz CT molecular complexity index is 970. The molecule has 4 rings (SSSR count). The van der Waals surface area contributed by atoms with Crippen LogP contribution in [0, 0.1) is 0 Å². The van der Waals surface area contributed by atoms with E-state index in [1.807, 2.05) is 43.4 Å². The van der Waals surface area contributed by atoms with Crippen molar-refractivity contribution in [2.45, 2.75) is 6.54 Å². The average molecular weight is 535 g/mol. The van der Waals surface area contributed by atoms with Crippen LogP contribution in [0.5, 0.6) is 5.75 Å². The molecule has 8 heteroatoms. The van der Waals surface area contributed by atoms with Crippen molar-refractivity contribution in [1.29, 1.82) is 0 Å². The quantitative estimate of drug-likeness (QED) is 0.300. The molecule has 2 N–H and O–H groups in total. The number of aromatic nitrogens is 1. The third kappa shape index (κ3) is 5.23. The fourth-order valence-corrected chi connectivity index (χ4v) is 4.25. The molecule has 0 bridgehead atoms. The number of anilines is 1. The fourth-order valence-electron chi connectivity index (χ4n) is 3.51. The zero-order valence-electron chi connectivity index (χ0n) is 16.9. The molecule has 0 amide bonds. The number of aliphatic imine (C=N–C) groups is 1. The lowest BCUT2D eigenvalue weighted by Crippen LogP contribution is -2.52. The Hall–Kier alpha value is -2.33. The number of halogens is 1. The minimum atomic E-state index is 0. The van der Waals surface area contributed by atoms with Crippen LogP contribution < -0.4 is 10.2 Å². The lowest BCUT2D eigenvalue weighted by molar-refractivity contribution is 0.369. The largest absolute Gasteiger partial charge is 0.506 e. The lowest BCUT2D eigenvalue weighted by atomic mass is 10.2. The second-order valence-electron chi connectivity index (χ2n) is 6.86. The molecular formula is C22H26IN5OS. The number of rotatable bonds is 4. The van der Waals surface area contributed by atoms with Gasteiger partial charge in [0.15, 0.2) is 5.96 Å². The number of phenolic OH excluding ortho intramolecular Hbond substituents is 1. The molecule has 0 radical (unpaired) electrons. The van der Waals surface area contributed by atoms with E-state index in [1.54, 1.807) is 17.4 Å². The van der Waals surface area contributed by atoms with Gasteiger partial charge in [-0.05, 0) is 12.1 Å². The van der Waals surface area contributed by atoms with E-state index >= 15 is 0 Å². The zero-order chi connectivity index (χ0) is 20.1. The molecule has 0 spiro atoms. The van der Waals surface area contributed by atoms with Crippen molar-refractivity contribution in [2.24, 2.45) is 4.99 Å². The summed E-state index contributed by atoms with van der Waals surface area (Å²) in [4.78, 5) is 13.7. The second-order valence-corrected chi connectivity index (χ2v) is 7.80. The van der Waals surface area contributed by atoms with E-state index in [0.29, 0.717) is 12.3 Å². The van der Waals surface area contributed by atoms with Crippen molar-refractivity contribution in [3.63, 3.8) is 0 Å². The molecule has 1 aliphatic rings. The first kappa shape index (κ1) is 22.4. The molecule has 1 saturated heterocycles. The van der Waals surface area contributed by atoms with E-state index in [-0.39, 0.29) is 24.0 Å². The monoisotopic (exact) mass is 535 g/mol. The molecule has 0 unspecified atom stereocenters. The van der Waals surface area contributed by atoms with Gasteiger partial charge in [-0.1, -0.05) is 42.5 Å². The van der Waals surface area contributed by atoms with Crippen molar-refractivity contribution >= 4 is 47.0 Å². The van der Waals surface area contributed by atoms with Crippen molar-refractivity contribution in [3.8, 4) is 17.0 Å². The van der Waals surface area contributed by atoms with Gasteiger partial charge < -0.3 is 20.2 Å². The van der Waals surface area contributed by atoms with Gasteiger partial charge in [0.25, 0.3) is 0 Å². The maximum atomic E-state index is 10.1.